The van der Waals surface area contributed by atoms with E-state index in [1.165, 1.54) is 15.2 Å². The van der Waals surface area contributed by atoms with Crippen molar-refractivity contribution in [2.75, 3.05) is 0 Å². The maximum atomic E-state index is 7.18. The quantitative estimate of drug-likeness (QED) is 0.167. The Morgan fingerprint density at radius 1 is 1.00 bits per heavy atom. The molecule has 13 heavy (non-hydrogen) atoms. The number of rotatable bonds is 0. The van der Waals surface area contributed by atoms with Crippen molar-refractivity contribution in [1.29, 1.82) is 5.26 Å². The number of nitrogens with zero attached hydrogens (tertiary/aromatic N) is 7. The van der Waals surface area contributed by atoms with Crippen LogP contribution in [0.25, 0.3) is 31.9 Å². The third kappa shape index (κ3) is 272. The zero-order valence-corrected chi connectivity index (χ0v) is 6.47. The Kier molecular flexibility index (Phi) is 276. The third-order valence-electron chi connectivity index (χ3n) is 0. The van der Waals surface area contributed by atoms with Crippen molar-refractivity contribution in [2.24, 2.45) is 0 Å². The van der Waals surface area contributed by atoms with E-state index in [0.29, 0.717) is 0 Å². The van der Waals surface area contributed by atoms with Gasteiger partial charge in [-0.2, -0.15) is 18.8 Å². The molecule has 0 rings (SSSR count). The van der Waals surface area contributed by atoms with Crippen LogP contribution in [0.3, 0.4) is 0 Å². The summed E-state index contributed by atoms with van der Waals surface area (Å²) in [6.45, 7) is 0. The summed E-state index contributed by atoms with van der Waals surface area (Å²) in [5, 5.41) is 8.63. The van der Waals surface area contributed by atoms with E-state index in [-0.39, 0.29) is 146 Å². The van der Waals surface area contributed by atoms with Gasteiger partial charge in [0.05, 0.1) is 0 Å². The van der Waals surface area contributed by atoms with Crippen molar-refractivity contribution in [3.8, 4) is 5.40 Å². The van der Waals surface area contributed by atoms with Crippen LogP contribution in [0.2, 0.25) is 0 Å². The van der Waals surface area contributed by atoms with E-state index < -0.39 is 0 Å². The SMILES string of the molecule is N#CS.S.[KH].[KH].[N-]=[N+]=[N-].[N-]=[N+]=[N-].[NaH]. The number of nitriles is 1. The van der Waals surface area contributed by atoms with Crippen LogP contribution in [-0.4, -0.2) is 132 Å². The molecule has 0 aliphatic carbocycles. The van der Waals surface area contributed by atoms with Crippen LogP contribution in [0.15, 0.2) is 0 Å². The van der Waals surface area contributed by atoms with Gasteiger partial charge in [-0.1, -0.05) is 12.6 Å². The average molecular weight is 281 g/mol. The van der Waals surface area contributed by atoms with Gasteiger partial charge in [-0.25, -0.2) is 0 Å². The van der Waals surface area contributed by atoms with Crippen molar-refractivity contribution in [2.45, 2.75) is 0 Å². The minimum atomic E-state index is 0. The van der Waals surface area contributed by atoms with Crippen LogP contribution in [0.4, 0.5) is 0 Å². The molecule has 0 N–H and O–H groups in total. The van der Waals surface area contributed by atoms with Crippen LogP contribution in [0, 0.1) is 10.7 Å². The molecular formula is CH6K2N7NaS2-2. The molecule has 0 aliphatic rings. The second kappa shape index (κ2) is 80.8. The van der Waals surface area contributed by atoms with Gasteiger partial charge in [0.25, 0.3) is 0 Å². The zero-order chi connectivity index (χ0) is 8.12. The predicted molar refractivity (Wildman–Crippen MR) is 66.6 cm³/mol. The third-order valence-corrected chi connectivity index (χ3v) is 0. The second-order valence-corrected chi connectivity index (χ2v) is 0.479. The van der Waals surface area contributed by atoms with Gasteiger partial charge in [0.1, 0.15) is 5.40 Å². The number of hydrogen-bond acceptors (Lipinski definition) is 2. The number of hydrogen-bond donors (Lipinski definition) is 1. The summed E-state index contributed by atoms with van der Waals surface area (Å²) in [5.74, 6) is 0. The molecule has 0 saturated heterocycles. The minimum absolute atomic E-state index is 0. The van der Waals surface area contributed by atoms with Gasteiger partial charge < -0.3 is 22.1 Å². The Morgan fingerprint density at radius 3 is 1.00 bits per heavy atom. The van der Waals surface area contributed by atoms with Crippen molar-refractivity contribution in [3.63, 3.8) is 0 Å². The molecule has 0 fully saturated rings. The molecule has 0 heterocycles. The number of thiol groups is 1. The summed E-state index contributed by atoms with van der Waals surface area (Å²) in [6.07, 6.45) is 0. The molecule has 7 nitrogen and oxygen atoms in total. The fourth-order valence-electron chi connectivity index (χ4n) is 0. The van der Waals surface area contributed by atoms with Crippen molar-refractivity contribution >= 4 is 158 Å². The van der Waals surface area contributed by atoms with Gasteiger partial charge in [-0.3, -0.25) is 9.82 Å². The fraction of sp³-hybridized carbons (Fsp3) is 0. The van der Waals surface area contributed by atoms with Crippen LogP contribution in [-0.2, 0) is 0 Å². The van der Waals surface area contributed by atoms with Crippen LogP contribution >= 0.6 is 26.1 Å². The second-order valence-electron chi connectivity index (χ2n) is 0.279. The van der Waals surface area contributed by atoms with E-state index in [1.54, 1.807) is 0 Å². The standard InChI is InChI=1S/CHNS.2K.2N3.Na.H2S.3H/c2-1-3;;;2*1-3-2;;;;;/h3H;;;;;;1H2;;;/q;;;2*-1;;;;;. The average Bonchev–Trinajstić information content (AvgIpc) is 1.70. The summed E-state index contributed by atoms with van der Waals surface area (Å²) >= 11 is 3.09. The van der Waals surface area contributed by atoms with E-state index in [1.807, 2.05) is 0 Å². The molecule has 0 amide bonds. The van der Waals surface area contributed by atoms with E-state index in [2.05, 4.69) is 12.6 Å². The van der Waals surface area contributed by atoms with Crippen LogP contribution < -0.4 is 0 Å². The predicted octanol–water partition coefficient (Wildman–Crippen LogP) is 0.297. The monoisotopic (exact) mass is 281 g/mol. The molecule has 0 aromatic carbocycles. The summed E-state index contributed by atoms with van der Waals surface area (Å²) in [5.41, 5.74) is 27.0. The topological polar surface area (TPSA) is 141 Å². The molecule has 0 spiro atoms. The first-order chi connectivity index (χ1) is 4.24. The molecule has 0 radical (unpaired) electrons. The van der Waals surface area contributed by atoms with Gasteiger partial charge >= 0.3 is 132 Å². The first-order valence-electron chi connectivity index (χ1n) is 1.25. The molecule has 12 heteroatoms. The van der Waals surface area contributed by atoms with Gasteiger partial charge in [-0.15, -0.1) is 0 Å². The van der Waals surface area contributed by atoms with Gasteiger partial charge in [0.2, 0.25) is 0 Å². The van der Waals surface area contributed by atoms with Gasteiger partial charge in [0, 0.05) is 0 Å². The van der Waals surface area contributed by atoms with Crippen molar-refractivity contribution < 1.29 is 0 Å². The number of thiocyanates is 1. The Bertz CT molecular complexity index is 133. The van der Waals surface area contributed by atoms with Gasteiger partial charge in [0.15, 0.2) is 0 Å². The van der Waals surface area contributed by atoms with E-state index in [0.717, 1.165) is 0 Å². The van der Waals surface area contributed by atoms with Crippen LogP contribution in [0.1, 0.15) is 0 Å². The maximum absolute atomic E-state index is 7.18. The van der Waals surface area contributed by atoms with Gasteiger partial charge in [-0.05, 0) is 0 Å². The van der Waals surface area contributed by atoms with E-state index in [4.69, 9.17) is 27.4 Å². The summed E-state index contributed by atoms with van der Waals surface area (Å²) in [7, 11) is 0. The van der Waals surface area contributed by atoms with Crippen LogP contribution in [0.5, 0.6) is 0 Å². The molecule has 0 bridgehead atoms. The fourth-order valence-corrected chi connectivity index (χ4v) is 0. The molecule has 62 valence electrons. The Balaban J connectivity index is -0.00000000720. The van der Waals surface area contributed by atoms with Crippen molar-refractivity contribution in [3.05, 3.63) is 31.9 Å². The van der Waals surface area contributed by atoms with Crippen molar-refractivity contribution in [1.82, 2.24) is 0 Å². The van der Waals surface area contributed by atoms with E-state index in [9.17, 15) is 0 Å². The molecule has 0 unspecified atom stereocenters. The Labute approximate surface area is 196 Å². The zero-order valence-electron chi connectivity index (χ0n) is 4.58. The van der Waals surface area contributed by atoms with E-state index >= 15 is 0 Å². The Hall–Kier alpha value is 3.08. The summed E-state index contributed by atoms with van der Waals surface area (Å²) < 4.78 is 0. The first-order valence-corrected chi connectivity index (χ1v) is 1.69. The molecule has 0 aromatic heterocycles. The Morgan fingerprint density at radius 2 is 1.00 bits per heavy atom. The normalized spacial score (nSPS) is 1.85. The molecule has 0 saturated carbocycles. The first kappa shape index (κ1) is 44.3. The molecular weight excluding hydrogens is 275 g/mol. The molecule has 0 aliphatic heterocycles. The molecule has 0 aromatic rings. The summed E-state index contributed by atoms with van der Waals surface area (Å²) in [6, 6.07) is 0. The summed E-state index contributed by atoms with van der Waals surface area (Å²) in [4.78, 5) is 3.00. The molecule has 0 atom stereocenters.